The summed E-state index contributed by atoms with van der Waals surface area (Å²) < 4.78 is 0. The van der Waals surface area contributed by atoms with E-state index in [4.69, 9.17) is 0 Å². The Hall–Kier alpha value is -0.520. The fraction of sp³-hybridized carbons (Fsp3) is 0.556. The number of hydrogen-bond donors (Lipinski definition) is 0. The summed E-state index contributed by atoms with van der Waals surface area (Å²) in [5.74, 6) is 0. The molecule has 52 valence electrons. The van der Waals surface area contributed by atoms with Gasteiger partial charge in [-0.25, -0.2) is 0 Å². The van der Waals surface area contributed by atoms with Crippen molar-refractivity contribution in [2.24, 2.45) is 0 Å². The summed E-state index contributed by atoms with van der Waals surface area (Å²) in [6.45, 7) is 4.24. The molecule has 0 atom stereocenters. The van der Waals surface area contributed by atoms with Crippen LogP contribution in [0.2, 0.25) is 0 Å². The van der Waals surface area contributed by atoms with Crippen molar-refractivity contribution in [1.29, 1.82) is 0 Å². The molecule has 0 rings (SSSR count). The zero-order chi connectivity index (χ0) is 6.95. The van der Waals surface area contributed by atoms with E-state index in [0.29, 0.717) is 0 Å². The van der Waals surface area contributed by atoms with Crippen LogP contribution < -0.4 is 0 Å². The summed E-state index contributed by atoms with van der Waals surface area (Å²) in [6, 6.07) is 0. The fourth-order valence-electron chi connectivity index (χ4n) is 0.608. The molecule has 0 unspecified atom stereocenters. The molecule has 0 N–H and O–H groups in total. The van der Waals surface area contributed by atoms with Crippen LogP contribution in [0.25, 0.3) is 0 Å². The van der Waals surface area contributed by atoms with Gasteiger partial charge in [-0.3, -0.25) is 0 Å². The molecule has 0 radical (unpaired) electrons. The molecule has 0 aliphatic rings. The normalized spacial score (nSPS) is 11.8. The minimum Gasteiger partial charge on any atom is -0.0877 e. The van der Waals surface area contributed by atoms with Gasteiger partial charge in [0.2, 0.25) is 0 Å². The Kier molecular flexibility index (Phi) is 7.05. The standard InChI is InChI=1S/C9H16/c1-3-5-7-9-8-6-4-2/h3,5,7,9H,4,6,8H2,1-2H3/b5-3?,9-7+. The molecular weight excluding hydrogens is 108 g/mol. The molecule has 0 heterocycles. The van der Waals surface area contributed by atoms with E-state index in [0.717, 1.165) is 0 Å². The smallest absolute Gasteiger partial charge is 0.0348 e. The Labute approximate surface area is 58.3 Å². The zero-order valence-electron chi connectivity index (χ0n) is 6.43. The van der Waals surface area contributed by atoms with Crippen molar-refractivity contribution in [1.82, 2.24) is 0 Å². The predicted octanol–water partition coefficient (Wildman–Crippen LogP) is 3.31. The summed E-state index contributed by atoms with van der Waals surface area (Å²) in [5.41, 5.74) is 0. The minimum absolute atomic E-state index is 1.22. The second-order valence-corrected chi connectivity index (χ2v) is 2.10. The summed E-state index contributed by atoms with van der Waals surface area (Å²) in [4.78, 5) is 0. The Balaban J connectivity index is 3.04. The van der Waals surface area contributed by atoms with Gasteiger partial charge in [-0.15, -0.1) is 0 Å². The summed E-state index contributed by atoms with van der Waals surface area (Å²) in [6.07, 6.45) is 12.3. The second-order valence-electron chi connectivity index (χ2n) is 2.10. The van der Waals surface area contributed by atoms with E-state index in [9.17, 15) is 0 Å². The molecule has 0 nitrogen and oxygen atoms in total. The first-order valence-corrected chi connectivity index (χ1v) is 3.69. The topological polar surface area (TPSA) is 0 Å². The van der Waals surface area contributed by atoms with E-state index in [1.165, 1.54) is 19.3 Å². The molecule has 0 bridgehead atoms. The van der Waals surface area contributed by atoms with Crippen LogP contribution in [0.15, 0.2) is 24.3 Å². The third-order valence-electron chi connectivity index (χ3n) is 1.16. The van der Waals surface area contributed by atoms with Crippen LogP contribution in [0, 0.1) is 0 Å². The molecule has 0 fully saturated rings. The van der Waals surface area contributed by atoms with Crippen molar-refractivity contribution in [3.8, 4) is 0 Å². The number of rotatable bonds is 4. The molecule has 9 heavy (non-hydrogen) atoms. The van der Waals surface area contributed by atoms with E-state index in [1.807, 2.05) is 13.0 Å². The highest BCUT2D eigenvalue weighted by molar-refractivity contribution is 5.00. The lowest BCUT2D eigenvalue weighted by molar-refractivity contribution is 0.815. The van der Waals surface area contributed by atoms with Gasteiger partial charge in [0.15, 0.2) is 0 Å². The largest absolute Gasteiger partial charge is 0.0877 e. The van der Waals surface area contributed by atoms with Crippen LogP contribution in [0.4, 0.5) is 0 Å². The van der Waals surface area contributed by atoms with E-state index >= 15 is 0 Å². The molecule has 0 saturated heterocycles. The second kappa shape index (κ2) is 7.48. The van der Waals surface area contributed by atoms with Gasteiger partial charge in [0, 0.05) is 0 Å². The predicted molar refractivity (Wildman–Crippen MR) is 43.5 cm³/mol. The average Bonchev–Trinajstić information content (AvgIpc) is 1.89. The van der Waals surface area contributed by atoms with E-state index in [-0.39, 0.29) is 0 Å². The van der Waals surface area contributed by atoms with Crippen LogP contribution in [0.5, 0.6) is 0 Å². The number of allylic oxidation sites excluding steroid dienone is 4. The van der Waals surface area contributed by atoms with Crippen molar-refractivity contribution in [2.75, 3.05) is 0 Å². The molecule has 0 saturated carbocycles. The van der Waals surface area contributed by atoms with Gasteiger partial charge >= 0.3 is 0 Å². The number of hydrogen-bond acceptors (Lipinski definition) is 0. The fourth-order valence-corrected chi connectivity index (χ4v) is 0.608. The highest BCUT2D eigenvalue weighted by Gasteiger charge is 1.74. The molecule has 0 aliphatic heterocycles. The van der Waals surface area contributed by atoms with E-state index in [2.05, 4.69) is 25.2 Å². The van der Waals surface area contributed by atoms with Gasteiger partial charge in [-0.2, -0.15) is 0 Å². The van der Waals surface area contributed by atoms with Gasteiger partial charge in [-0.1, -0.05) is 44.1 Å². The molecule has 0 aromatic heterocycles. The average molecular weight is 124 g/mol. The Morgan fingerprint density at radius 3 is 2.56 bits per heavy atom. The van der Waals surface area contributed by atoms with Crippen LogP contribution in [-0.4, -0.2) is 0 Å². The van der Waals surface area contributed by atoms with Crippen molar-refractivity contribution in [2.45, 2.75) is 33.1 Å². The maximum absolute atomic E-state index is 2.21. The maximum Gasteiger partial charge on any atom is -0.0348 e. The monoisotopic (exact) mass is 124 g/mol. The number of unbranched alkanes of at least 4 members (excludes halogenated alkanes) is 2. The first-order chi connectivity index (χ1) is 4.41. The van der Waals surface area contributed by atoms with Crippen molar-refractivity contribution >= 4 is 0 Å². The first-order valence-electron chi connectivity index (χ1n) is 3.69. The third kappa shape index (κ3) is 7.48. The zero-order valence-corrected chi connectivity index (χ0v) is 6.43. The molecule has 0 aromatic carbocycles. The van der Waals surface area contributed by atoms with Crippen LogP contribution in [0.1, 0.15) is 33.1 Å². The summed E-state index contributed by atoms with van der Waals surface area (Å²) in [5, 5.41) is 0. The lowest BCUT2D eigenvalue weighted by Gasteiger charge is -1.84. The van der Waals surface area contributed by atoms with E-state index in [1.54, 1.807) is 0 Å². The Morgan fingerprint density at radius 2 is 2.00 bits per heavy atom. The van der Waals surface area contributed by atoms with Crippen LogP contribution >= 0.6 is 0 Å². The highest BCUT2D eigenvalue weighted by atomic mass is 13.8. The van der Waals surface area contributed by atoms with Gasteiger partial charge in [0.1, 0.15) is 0 Å². The molecule has 0 spiro atoms. The van der Waals surface area contributed by atoms with Crippen LogP contribution in [-0.2, 0) is 0 Å². The van der Waals surface area contributed by atoms with Crippen molar-refractivity contribution in [3.63, 3.8) is 0 Å². The van der Waals surface area contributed by atoms with Crippen molar-refractivity contribution in [3.05, 3.63) is 24.3 Å². The SMILES string of the molecule is CC=C/C=C/CCCC. The van der Waals surface area contributed by atoms with Gasteiger partial charge < -0.3 is 0 Å². The van der Waals surface area contributed by atoms with E-state index < -0.39 is 0 Å². The summed E-state index contributed by atoms with van der Waals surface area (Å²) >= 11 is 0. The molecule has 0 heteroatoms. The minimum atomic E-state index is 1.22. The van der Waals surface area contributed by atoms with Gasteiger partial charge in [-0.05, 0) is 13.3 Å². The Bertz CT molecular complexity index is 88.2. The summed E-state index contributed by atoms with van der Waals surface area (Å²) in [7, 11) is 0. The molecular formula is C9H16. The molecule has 0 amide bonds. The third-order valence-corrected chi connectivity index (χ3v) is 1.16. The lowest BCUT2D eigenvalue weighted by Crippen LogP contribution is -1.64. The quantitative estimate of drug-likeness (QED) is 0.398. The molecule has 0 aromatic rings. The van der Waals surface area contributed by atoms with Gasteiger partial charge in [0.25, 0.3) is 0 Å². The lowest BCUT2D eigenvalue weighted by atomic mass is 10.2. The Morgan fingerprint density at radius 1 is 1.22 bits per heavy atom. The first kappa shape index (κ1) is 8.48. The van der Waals surface area contributed by atoms with Gasteiger partial charge in [0.05, 0.1) is 0 Å². The van der Waals surface area contributed by atoms with Crippen LogP contribution in [0.3, 0.4) is 0 Å². The molecule has 0 aliphatic carbocycles. The highest BCUT2D eigenvalue weighted by Crippen LogP contribution is 1.94. The van der Waals surface area contributed by atoms with Crippen molar-refractivity contribution < 1.29 is 0 Å². The maximum atomic E-state index is 2.21.